The molecule has 2 rings (SSSR count). The van der Waals surface area contributed by atoms with Crippen LogP contribution in [-0.4, -0.2) is 17.1 Å². The maximum Gasteiger partial charge on any atom is 0.252 e. The van der Waals surface area contributed by atoms with Crippen molar-refractivity contribution >= 4 is 11.6 Å². The molecule has 0 aromatic heterocycles. The summed E-state index contributed by atoms with van der Waals surface area (Å²) < 4.78 is 0. The number of carbonyl (C=O) groups excluding carboxylic acids is 1. The Morgan fingerprint density at radius 1 is 1.00 bits per heavy atom. The fourth-order valence-corrected chi connectivity index (χ4v) is 1.62. The Hall–Kier alpha value is -2.13. The first-order chi connectivity index (χ1) is 8.66. The van der Waals surface area contributed by atoms with Crippen molar-refractivity contribution in [1.29, 1.82) is 0 Å². The minimum atomic E-state index is -1.00. The van der Waals surface area contributed by atoms with Gasteiger partial charge in [0.05, 0.1) is 0 Å². The van der Waals surface area contributed by atoms with Crippen LogP contribution in [-0.2, 0) is 4.79 Å². The van der Waals surface area contributed by atoms with Crippen LogP contribution in [0.3, 0.4) is 0 Å². The van der Waals surface area contributed by atoms with Crippen molar-refractivity contribution in [3.05, 3.63) is 54.6 Å². The highest BCUT2D eigenvalue weighted by molar-refractivity contribution is 5.93. The number of aliphatic hydroxyl groups is 1. The molecule has 2 aromatic rings. The van der Waals surface area contributed by atoms with Gasteiger partial charge in [0.1, 0.15) is 6.10 Å². The fourth-order valence-electron chi connectivity index (χ4n) is 1.62. The number of hydrogen-bond acceptors (Lipinski definition) is 2. The Balaban J connectivity index is 2.13. The number of amides is 1. The SMILES string of the molecule is CC(O)C(=O)Nc1ccc(-c2ccccc2)cc1. The molecule has 0 saturated heterocycles. The van der Waals surface area contributed by atoms with Gasteiger partial charge in [-0.25, -0.2) is 0 Å². The molecule has 0 aliphatic rings. The van der Waals surface area contributed by atoms with E-state index in [4.69, 9.17) is 5.11 Å². The highest BCUT2D eigenvalue weighted by Gasteiger charge is 2.08. The average Bonchev–Trinajstić information content (AvgIpc) is 2.40. The molecule has 3 nitrogen and oxygen atoms in total. The van der Waals surface area contributed by atoms with E-state index < -0.39 is 12.0 Å². The third-order valence-electron chi connectivity index (χ3n) is 2.64. The Labute approximate surface area is 106 Å². The summed E-state index contributed by atoms with van der Waals surface area (Å²) in [6.45, 7) is 1.44. The van der Waals surface area contributed by atoms with Gasteiger partial charge in [-0.2, -0.15) is 0 Å². The van der Waals surface area contributed by atoms with Gasteiger partial charge in [0.15, 0.2) is 0 Å². The minimum absolute atomic E-state index is 0.400. The van der Waals surface area contributed by atoms with E-state index in [0.29, 0.717) is 5.69 Å². The lowest BCUT2D eigenvalue weighted by molar-refractivity contribution is -0.123. The molecule has 92 valence electrons. The first kappa shape index (κ1) is 12.3. The van der Waals surface area contributed by atoms with Gasteiger partial charge in [0.2, 0.25) is 0 Å². The molecule has 0 heterocycles. The summed E-state index contributed by atoms with van der Waals surface area (Å²) >= 11 is 0. The molecule has 2 aromatic carbocycles. The van der Waals surface area contributed by atoms with Crippen molar-refractivity contribution in [2.75, 3.05) is 5.32 Å². The van der Waals surface area contributed by atoms with E-state index in [-0.39, 0.29) is 0 Å². The second-order valence-corrected chi connectivity index (χ2v) is 4.11. The first-order valence-corrected chi connectivity index (χ1v) is 5.81. The zero-order valence-corrected chi connectivity index (χ0v) is 10.1. The summed E-state index contributed by atoms with van der Waals surface area (Å²) in [4.78, 5) is 11.3. The maximum atomic E-state index is 11.3. The largest absolute Gasteiger partial charge is 0.384 e. The van der Waals surface area contributed by atoms with Crippen LogP contribution in [0.25, 0.3) is 11.1 Å². The summed E-state index contributed by atoms with van der Waals surface area (Å²) in [5.74, 6) is -0.400. The van der Waals surface area contributed by atoms with Crippen molar-refractivity contribution in [3.63, 3.8) is 0 Å². The number of rotatable bonds is 3. The molecule has 0 spiro atoms. The normalized spacial score (nSPS) is 11.9. The van der Waals surface area contributed by atoms with Gasteiger partial charge in [-0.1, -0.05) is 42.5 Å². The fraction of sp³-hybridized carbons (Fsp3) is 0.133. The van der Waals surface area contributed by atoms with Crippen molar-refractivity contribution in [2.45, 2.75) is 13.0 Å². The van der Waals surface area contributed by atoms with Gasteiger partial charge >= 0.3 is 0 Å². The highest BCUT2D eigenvalue weighted by Crippen LogP contribution is 2.20. The lowest BCUT2D eigenvalue weighted by Gasteiger charge is -2.08. The second kappa shape index (κ2) is 5.47. The summed E-state index contributed by atoms with van der Waals surface area (Å²) in [6.07, 6.45) is -1.00. The molecule has 0 saturated carbocycles. The Morgan fingerprint density at radius 2 is 1.56 bits per heavy atom. The quantitative estimate of drug-likeness (QED) is 0.868. The molecule has 0 fully saturated rings. The number of benzene rings is 2. The van der Waals surface area contributed by atoms with Crippen LogP contribution in [0.5, 0.6) is 0 Å². The van der Waals surface area contributed by atoms with E-state index >= 15 is 0 Å². The summed E-state index contributed by atoms with van der Waals surface area (Å²) in [7, 11) is 0. The smallest absolute Gasteiger partial charge is 0.252 e. The van der Waals surface area contributed by atoms with E-state index in [1.165, 1.54) is 6.92 Å². The molecule has 2 N–H and O–H groups in total. The molecule has 18 heavy (non-hydrogen) atoms. The van der Waals surface area contributed by atoms with Gasteiger partial charge in [0, 0.05) is 5.69 Å². The predicted octanol–water partition coefficient (Wildman–Crippen LogP) is 2.67. The van der Waals surface area contributed by atoms with E-state index in [1.807, 2.05) is 54.6 Å². The number of anilines is 1. The molecule has 0 radical (unpaired) electrons. The molecule has 1 unspecified atom stereocenters. The van der Waals surface area contributed by atoms with Gasteiger partial charge in [0.25, 0.3) is 5.91 Å². The molecular weight excluding hydrogens is 226 g/mol. The molecular formula is C15H15NO2. The number of carbonyl (C=O) groups is 1. The average molecular weight is 241 g/mol. The molecule has 1 atom stereocenters. The topological polar surface area (TPSA) is 49.3 Å². The second-order valence-electron chi connectivity index (χ2n) is 4.11. The highest BCUT2D eigenvalue weighted by atomic mass is 16.3. The summed E-state index contributed by atoms with van der Waals surface area (Å²) in [6, 6.07) is 17.5. The summed E-state index contributed by atoms with van der Waals surface area (Å²) in [5.41, 5.74) is 2.90. The third kappa shape index (κ3) is 2.96. The van der Waals surface area contributed by atoms with E-state index in [0.717, 1.165) is 11.1 Å². The molecule has 3 heteroatoms. The zero-order chi connectivity index (χ0) is 13.0. The van der Waals surface area contributed by atoms with Crippen LogP contribution in [0.4, 0.5) is 5.69 Å². The van der Waals surface area contributed by atoms with Crippen molar-refractivity contribution < 1.29 is 9.90 Å². The van der Waals surface area contributed by atoms with Crippen LogP contribution in [0.2, 0.25) is 0 Å². The van der Waals surface area contributed by atoms with Crippen molar-refractivity contribution in [2.24, 2.45) is 0 Å². The van der Waals surface area contributed by atoms with E-state index in [9.17, 15) is 4.79 Å². The first-order valence-electron chi connectivity index (χ1n) is 5.81. The number of hydrogen-bond donors (Lipinski definition) is 2. The van der Waals surface area contributed by atoms with Crippen LogP contribution in [0.1, 0.15) is 6.92 Å². The Bertz CT molecular complexity index is 518. The Morgan fingerprint density at radius 3 is 2.11 bits per heavy atom. The molecule has 0 aliphatic heterocycles. The van der Waals surface area contributed by atoms with E-state index in [2.05, 4.69) is 5.32 Å². The van der Waals surface area contributed by atoms with Crippen LogP contribution < -0.4 is 5.32 Å². The molecule has 1 amide bonds. The maximum absolute atomic E-state index is 11.3. The molecule has 0 bridgehead atoms. The van der Waals surface area contributed by atoms with Gasteiger partial charge in [-0.05, 0) is 30.2 Å². The van der Waals surface area contributed by atoms with Crippen LogP contribution in [0.15, 0.2) is 54.6 Å². The lowest BCUT2D eigenvalue weighted by Crippen LogP contribution is -2.24. The third-order valence-corrected chi connectivity index (χ3v) is 2.64. The van der Waals surface area contributed by atoms with Crippen molar-refractivity contribution in [1.82, 2.24) is 0 Å². The lowest BCUT2D eigenvalue weighted by atomic mass is 10.1. The van der Waals surface area contributed by atoms with E-state index in [1.54, 1.807) is 0 Å². The van der Waals surface area contributed by atoms with Gasteiger partial charge < -0.3 is 10.4 Å². The van der Waals surface area contributed by atoms with Gasteiger partial charge in [-0.3, -0.25) is 4.79 Å². The van der Waals surface area contributed by atoms with Crippen molar-refractivity contribution in [3.8, 4) is 11.1 Å². The summed E-state index contributed by atoms with van der Waals surface area (Å²) in [5, 5.41) is 11.7. The number of nitrogens with one attached hydrogen (secondary N) is 1. The minimum Gasteiger partial charge on any atom is -0.384 e. The standard InChI is InChI=1S/C15H15NO2/c1-11(17)15(18)16-14-9-7-13(8-10-14)12-5-3-2-4-6-12/h2-11,17H,1H3,(H,16,18). The molecule has 0 aliphatic carbocycles. The van der Waals surface area contributed by atoms with Crippen LogP contribution in [0, 0.1) is 0 Å². The van der Waals surface area contributed by atoms with Crippen LogP contribution >= 0.6 is 0 Å². The number of aliphatic hydroxyl groups excluding tert-OH is 1. The zero-order valence-electron chi connectivity index (χ0n) is 10.1. The Kier molecular flexibility index (Phi) is 3.75. The predicted molar refractivity (Wildman–Crippen MR) is 72.2 cm³/mol. The van der Waals surface area contributed by atoms with Gasteiger partial charge in [-0.15, -0.1) is 0 Å². The monoisotopic (exact) mass is 241 g/mol.